The van der Waals surface area contributed by atoms with Crippen LogP contribution in [-0.2, 0) is 4.79 Å². The zero-order valence-electron chi connectivity index (χ0n) is 7.37. The quantitative estimate of drug-likeness (QED) is 0.818. The van der Waals surface area contributed by atoms with Gasteiger partial charge >= 0.3 is 5.97 Å². The van der Waals surface area contributed by atoms with Gasteiger partial charge in [-0.15, -0.1) is 0 Å². The van der Waals surface area contributed by atoms with Crippen LogP contribution in [-0.4, -0.2) is 16.1 Å². The topological polar surface area (TPSA) is 63.3 Å². The summed E-state index contributed by atoms with van der Waals surface area (Å²) in [7, 11) is 0. The highest BCUT2D eigenvalue weighted by Gasteiger charge is 2.17. The molecule has 1 aromatic rings. The highest BCUT2D eigenvalue weighted by Crippen LogP contribution is 2.25. The van der Waals surface area contributed by atoms with E-state index in [4.69, 9.17) is 21.1 Å². The van der Waals surface area contributed by atoms with Crippen LogP contribution in [0.5, 0.6) is 0 Å². The molecule has 0 amide bonds. The zero-order chi connectivity index (χ0) is 10.0. The minimum atomic E-state index is -0.862. The van der Waals surface area contributed by atoms with Crippen molar-refractivity contribution in [3.8, 4) is 0 Å². The lowest BCUT2D eigenvalue weighted by molar-refractivity contribution is -0.137. The fourth-order valence-corrected chi connectivity index (χ4v) is 1.40. The van der Waals surface area contributed by atoms with Gasteiger partial charge in [-0.2, -0.15) is 0 Å². The van der Waals surface area contributed by atoms with Crippen molar-refractivity contribution in [1.82, 2.24) is 4.98 Å². The molecule has 0 aliphatic rings. The molecule has 0 saturated heterocycles. The minimum Gasteiger partial charge on any atom is -0.481 e. The van der Waals surface area contributed by atoms with Crippen LogP contribution < -0.4 is 0 Å². The first-order valence-electron chi connectivity index (χ1n) is 3.85. The molecule has 1 N–H and O–H groups in total. The van der Waals surface area contributed by atoms with Crippen molar-refractivity contribution in [2.24, 2.45) is 0 Å². The number of aliphatic carboxylic acids is 1. The van der Waals surface area contributed by atoms with Gasteiger partial charge in [0.15, 0.2) is 0 Å². The van der Waals surface area contributed by atoms with Gasteiger partial charge in [0.1, 0.15) is 5.76 Å². The molecule has 0 saturated carbocycles. The van der Waals surface area contributed by atoms with Crippen molar-refractivity contribution in [2.75, 3.05) is 0 Å². The summed E-state index contributed by atoms with van der Waals surface area (Å²) < 4.78 is 5.07. The third-order valence-corrected chi connectivity index (χ3v) is 1.90. The van der Waals surface area contributed by atoms with Gasteiger partial charge in [0.05, 0.1) is 12.1 Å². The van der Waals surface area contributed by atoms with Crippen molar-refractivity contribution in [2.45, 2.75) is 26.2 Å². The normalized spacial score (nSPS) is 12.8. The number of carboxylic acid groups (broad SMARTS) is 1. The highest BCUT2D eigenvalue weighted by atomic mass is 35.5. The summed E-state index contributed by atoms with van der Waals surface area (Å²) in [6, 6.07) is 0. The maximum atomic E-state index is 10.4. The van der Waals surface area contributed by atoms with Crippen LogP contribution >= 0.6 is 11.6 Å². The molecular weight excluding hydrogens is 194 g/mol. The molecule has 0 aromatic carbocycles. The summed E-state index contributed by atoms with van der Waals surface area (Å²) in [6.45, 7) is 3.50. The molecule has 0 aliphatic carbocycles. The summed E-state index contributed by atoms with van der Waals surface area (Å²) in [5.41, 5.74) is 0.652. The van der Waals surface area contributed by atoms with Gasteiger partial charge in [0, 0.05) is 5.92 Å². The second-order valence-electron chi connectivity index (χ2n) is 2.92. The summed E-state index contributed by atoms with van der Waals surface area (Å²) in [6.07, 6.45) is 0.0202. The van der Waals surface area contributed by atoms with Crippen LogP contribution in [0.25, 0.3) is 0 Å². The van der Waals surface area contributed by atoms with Crippen molar-refractivity contribution in [3.63, 3.8) is 0 Å². The van der Waals surface area contributed by atoms with Crippen LogP contribution in [0.15, 0.2) is 4.42 Å². The molecule has 0 fully saturated rings. The first-order valence-corrected chi connectivity index (χ1v) is 4.23. The number of halogens is 1. The molecule has 0 radical (unpaired) electrons. The number of hydrogen-bond acceptors (Lipinski definition) is 3. The average molecular weight is 204 g/mol. The molecule has 4 nitrogen and oxygen atoms in total. The van der Waals surface area contributed by atoms with Gasteiger partial charge in [-0.1, -0.05) is 6.92 Å². The van der Waals surface area contributed by atoms with Crippen molar-refractivity contribution in [3.05, 3.63) is 16.8 Å². The van der Waals surface area contributed by atoms with E-state index in [0.29, 0.717) is 11.5 Å². The molecule has 72 valence electrons. The molecule has 1 heterocycles. The second kappa shape index (κ2) is 3.79. The number of carbonyl (C=O) groups is 1. The number of nitrogens with zero attached hydrogens (tertiary/aromatic N) is 1. The standard InChI is InChI=1S/C8H10ClNO3/c1-4(3-6(11)12)7-5(2)10-8(9)13-7/h4H,3H2,1-2H3,(H,11,12). The number of aromatic nitrogens is 1. The monoisotopic (exact) mass is 203 g/mol. The Hall–Kier alpha value is -1.03. The molecule has 1 atom stereocenters. The van der Waals surface area contributed by atoms with Gasteiger partial charge in [0.2, 0.25) is 0 Å². The van der Waals surface area contributed by atoms with Crippen LogP contribution in [0.3, 0.4) is 0 Å². The first kappa shape index (κ1) is 10.1. The molecule has 5 heteroatoms. The molecular formula is C8H10ClNO3. The molecule has 0 aliphatic heterocycles. The summed E-state index contributed by atoms with van der Waals surface area (Å²) in [5.74, 6) is -0.510. The van der Waals surface area contributed by atoms with E-state index in [-0.39, 0.29) is 17.7 Å². The maximum absolute atomic E-state index is 10.4. The second-order valence-corrected chi connectivity index (χ2v) is 3.24. The van der Waals surface area contributed by atoms with Crippen LogP contribution in [0.4, 0.5) is 0 Å². The van der Waals surface area contributed by atoms with E-state index in [9.17, 15) is 4.79 Å². The summed E-state index contributed by atoms with van der Waals surface area (Å²) >= 11 is 5.52. The molecule has 0 spiro atoms. The first-order chi connectivity index (χ1) is 6.00. The molecule has 1 unspecified atom stereocenters. The average Bonchev–Trinajstić information content (AvgIpc) is 2.28. The Bertz CT molecular complexity index is 321. The van der Waals surface area contributed by atoms with Crippen LogP contribution in [0.2, 0.25) is 5.35 Å². The Kier molecular flexibility index (Phi) is 2.93. The number of carboxylic acids is 1. The van der Waals surface area contributed by atoms with E-state index in [1.807, 2.05) is 0 Å². The van der Waals surface area contributed by atoms with E-state index in [0.717, 1.165) is 0 Å². The third kappa shape index (κ3) is 2.45. The van der Waals surface area contributed by atoms with E-state index in [2.05, 4.69) is 4.98 Å². The Morgan fingerprint density at radius 1 is 1.77 bits per heavy atom. The largest absolute Gasteiger partial charge is 0.481 e. The maximum Gasteiger partial charge on any atom is 0.304 e. The smallest absolute Gasteiger partial charge is 0.304 e. The minimum absolute atomic E-state index is 0.0202. The number of oxazole rings is 1. The molecule has 1 aromatic heterocycles. The van der Waals surface area contributed by atoms with E-state index in [1.54, 1.807) is 13.8 Å². The Balaban J connectivity index is 2.81. The Morgan fingerprint density at radius 3 is 2.77 bits per heavy atom. The lowest BCUT2D eigenvalue weighted by Gasteiger charge is -2.04. The SMILES string of the molecule is Cc1nc(Cl)oc1C(C)CC(=O)O. The van der Waals surface area contributed by atoms with Crippen LogP contribution in [0, 0.1) is 6.92 Å². The number of aryl methyl sites for hydroxylation is 1. The molecule has 13 heavy (non-hydrogen) atoms. The van der Waals surface area contributed by atoms with Crippen molar-refractivity contribution in [1.29, 1.82) is 0 Å². The lowest BCUT2D eigenvalue weighted by atomic mass is 10.0. The van der Waals surface area contributed by atoms with Crippen molar-refractivity contribution >= 4 is 17.6 Å². The van der Waals surface area contributed by atoms with Gasteiger partial charge < -0.3 is 9.52 Å². The predicted molar refractivity (Wildman–Crippen MR) is 46.9 cm³/mol. The van der Waals surface area contributed by atoms with E-state index < -0.39 is 5.97 Å². The molecule has 1 rings (SSSR count). The number of hydrogen-bond donors (Lipinski definition) is 1. The van der Waals surface area contributed by atoms with Gasteiger partial charge in [0.25, 0.3) is 5.35 Å². The summed E-state index contributed by atoms with van der Waals surface area (Å²) in [4.78, 5) is 14.3. The Labute approximate surface area is 80.5 Å². The van der Waals surface area contributed by atoms with Crippen LogP contribution in [0.1, 0.15) is 30.7 Å². The van der Waals surface area contributed by atoms with E-state index in [1.165, 1.54) is 0 Å². The summed E-state index contributed by atoms with van der Waals surface area (Å²) in [5, 5.41) is 8.61. The highest BCUT2D eigenvalue weighted by molar-refractivity contribution is 6.27. The fourth-order valence-electron chi connectivity index (χ4n) is 1.19. The van der Waals surface area contributed by atoms with E-state index >= 15 is 0 Å². The predicted octanol–water partition coefficient (Wildman–Crippen LogP) is 2.21. The van der Waals surface area contributed by atoms with Gasteiger partial charge in [-0.05, 0) is 18.5 Å². The Morgan fingerprint density at radius 2 is 2.38 bits per heavy atom. The lowest BCUT2D eigenvalue weighted by Crippen LogP contribution is -2.03. The fraction of sp³-hybridized carbons (Fsp3) is 0.500. The molecule has 0 bridgehead atoms. The third-order valence-electron chi connectivity index (χ3n) is 1.73. The number of rotatable bonds is 3. The van der Waals surface area contributed by atoms with Gasteiger partial charge in [-0.25, -0.2) is 4.98 Å². The van der Waals surface area contributed by atoms with Crippen molar-refractivity contribution < 1.29 is 14.3 Å². The van der Waals surface area contributed by atoms with Gasteiger partial charge in [-0.3, -0.25) is 4.79 Å². The zero-order valence-corrected chi connectivity index (χ0v) is 8.13.